The first-order valence-electron chi connectivity index (χ1n) is 6.00. The number of rotatable bonds is 4. The minimum Gasteiger partial charge on any atom is -0.351 e. The minimum atomic E-state index is -0.0496. The number of hydrogen-bond donors (Lipinski definition) is 2. The van der Waals surface area contributed by atoms with Gasteiger partial charge in [0.25, 0.3) is 5.91 Å². The molecule has 3 nitrogen and oxygen atoms in total. The van der Waals surface area contributed by atoms with Gasteiger partial charge in [0.2, 0.25) is 0 Å². The van der Waals surface area contributed by atoms with Crippen molar-refractivity contribution < 1.29 is 4.79 Å². The molecule has 2 heterocycles. The molecule has 0 bridgehead atoms. The Balaban J connectivity index is 1.84. The third kappa shape index (κ3) is 4.46. The Bertz CT molecular complexity index is 651. The summed E-state index contributed by atoms with van der Waals surface area (Å²) in [4.78, 5) is 14.7. The molecule has 104 valence electrons. The Hall–Kier alpha value is -1.13. The molecule has 2 aromatic heterocycles. The molecule has 6 heteroatoms. The number of halogens is 1. The second kappa shape index (κ2) is 7.60. The minimum absolute atomic E-state index is 0.0496. The highest BCUT2D eigenvalue weighted by Crippen LogP contribution is 2.22. The van der Waals surface area contributed by atoms with E-state index in [1.165, 1.54) is 16.2 Å². The van der Waals surface area contributed by atoms with Crippen molar-refractivity contribution in [1.82, 2.24) is 5.32 Å². The fourth-order valence-corrected chi connectivity index (χ4v) is 3.82. The van der Waals surface area contributed by atoms with Crippen molar-refractivity contribution in [3.05, 3.63) is 42.7 Å². The van der Waals surface area contributed by atoms with Crippen LogP contribution in [0, 0.1) is 11.8 Å². The lowest BCUT2D eigenvalue weighted by molar-refractivity contribution is 0.0958. The normalized spacial score (nSPS) is 9.90. The van der Waals surface area contributed by atoms with Crippen molar-refractivity contribution >= 4 is 44.5 Å². The topological polar surface area (TPSA) is 55.1 Å². The van der Waals surface area contributed by atoms with Crippen molar-refractivity contribution in [3.8, 4) is 11.8 Å². The summed E-state index contributed by atoms with van der Waals surface area (Å²) < 4.78 is 1.11. The number of amides is 1. The van der Waals surface area contributed by atoms with E-state index in [9.17, 15) is 4.79 Å². The number of thiophene rings is 2. The summed E-state index contributed by atoms with van der Waals surface area (Å²) in [6, 6.07) is 7.72. The largest absolute Gasteiger partial charge is 0.351 e. The molecule has 3 N–H and O–H groups in total. The van der Waals surface area contributed by atoms with E-state index in [4.69, 9.17) is 5.73 Å². The number of hydrogen-bond acceptors (Lipinski definition) is 4. The third-order valence-electron chi connectivity index (χ3n) is 2.43. The Morgan fingerprint density at radius 1 is 1.30 bits per heavy atom. The highest BCUT2D eigenvalue weighted by atomic mass is 79.9. The molecule has 2 aromatic rings. The fraction of sp³-hybridized carbons (Fsp3) is 0.214. The molecule has 0 unspecified atom stereocenters. The average Bonchev–Trinajstić information content (AvgIpc) is 3.05. The van der Waals surface area contributed by atoms with Crippen LogP contribution in [0.1, 0.15) is 19.4 Å². The van der Waals surface area contributed by atoms with E-state index >= 15 is 0 Å². The lowest BCUT2D eigenvalue weighted by Gasteiger charge is -2.01. The first-order valence-corrected chi connectivity index (χ1v) is 8.43. The van der Waals surface area contributed by atoms with Gasteiger partial charge in [-0.25, -0.2) is 0 Å². The van der Waals surface area contributed by atoms with Gasteiger partial charge in [0, 0.05) is 11.4 Å². The standard InChI is InChI=1S/C14H13BrN2OS2/c15-13-6-4-11(20-13)7-9-17-14(18)12-5-3-10(19-12)2-1-8-16/h3-6H,7-9,16H2,(H,17,18). The first kappa shape index (κ1) is 15.3. The highest BCUT2D eigenvalue weighted by molar-refractivity contribution is 9.11. The zero-order valence-corrected chi connectivity index (χ0v) is 13.8. The molecule has 0 aliphatic carbocycles. The average molecular weight is 369 g/mol. The molecule has 0 aliphatic heterocycles. The zero-order valence-electron chi connectivity index (χ0n) is 10.6. The van der Waals surface area contributed by atoms with E-state index in [0.29, 0.717) is 18.0 Å². The molecule has 0 saturated carbocycles. The molecule has 20 heavy (non-hydrogen) atoms. The Morgan fingerprint density at radius 3 is 2.85 bits per heavy atom. The maximum absolute atomic E-state index is 11.9. The van der Waals surface area contributed by atoms with E-state index in [2.05, 4.69) is 39.2 Å². The van der Waals surface area contributed by atoms with Gasteiger partial charge in [-0.05, 0) is 46.6 Å². The van der Waals surface area contributed by atoms with Gasteiger partial charge in [-0.15, -0.1) is 22.7 Å². The summed E-state index contributed by atoms with van der Waals surface area (Å²) in [7, 11) is 0. The maximum Gasteiger partial charge on any atom is 0.261 e. The third-order valence-corrected chi connectivity index (χ3v) is 5.11. The SMILES string of the molecule is NCC#Cc1ccc(C(=O)NCCc2ccc(Br)s2)s1. The predicted molar refractivity (Wildman–Crippen MR) is 88.3 cm³/mol. The lowest BCUT2D eigenvalue weighted by Crippen LogP contribution is -2.24. The summed E-state index contributed by atoms with van der Waals surface area (Å²) in [5, 5.41) is 2.92. The van der Waals surface area contributed by atoms with Crippen molar-refractivity contribution in [3.63, 3.8) is 0 Å². The number of nitrogens with one attached hydrogen (secondary N) is 1. The molecule has 0 saturated heterocycles. The smallest absolute Gasteiger partial charge is 0.261 e. The van der Waals surface area contributed by atoms with Crippen LogP contribution in [0.5, 0.6) is 0 Å². The van der Waals surface area contributed by atoms with Gasteiger partial charge < -0.3 is 11.1 Å². The molecule has 2 rings (SSSR count). The van der Waals surface area contributed by atoms with Crippen LogP contribution >= 0.6 is 38.6 Å². The van der Waals surface area contributed by atoms with E-state index in [0.717, 1.165) is 15.1 Å². The van der Waals surface area contributed by atoms with E-state index in [-0.39, 0.29) is 5.91 Å². The van der Waals surface area contributed by atoms with Gasteiger partial charge in [0.1, 0.15) is 0 Å². The molecular formula is C14H13BrN2OS2. The quantitative estimate of drug-likeness (QED) is 0.815. The van der Waals surface area contributed by atoms with Crippen LogP contribution < -0.4 is 11.1 Å². The zero-order chi connectivity index (χ0) is 14.4. The Labute approximate surface area is 134 Å². The fourth-order valence-electron chi connectivity index (χ4n) is 1.54. The van der Waals surface area contributed by atoms with Crippen molar-refractivity contribution in [2.24, 2.45) is 5.73 Å². The molecule has 0 spiro atoms. The lowest BCUT2D eigenvalue weighted by atomic mass is 10.3. The summed E-state index contributed by atoms with van der Waals surface area (Å²) in [6.07, 6.45) is 0.840. The van der Waals surface area contributed by atoms with Gasteiger partial charge in [0.15, 0.2) is 0 Å². The van der Waals surface area contributed by atoms with Gasteiger partial charge in [0.05, 0.1) is 20.1 Å². The summed E-state index contributed by atoms with van der Waals surface area (Å²) >= 11 is 6.50. The predicted octanol–water partition coefficient (Wildman–Crippen LogP) is 2.85. The van der Waals surface area contributed by atoms with E-state index in [1.54, 1.807) is 17.4 Å². The molecule has 0 aliphatic rings. The molecule has 0 radical (unpaired) electrons. The van der Waals surface area contributed by atoms with Crippen LogP contribution in [0.4, 0.5) is 0 Å². The Kier molecular flexibility index (Phi) is 5.80. The highest BCUT2D eigenvalue weighted by Gasteiger charge is 2.08. The maximum atomic E-state index is 11.9. The summed E-state index contributed by atoms with van der Waals surface area (Å²) in [5.41, 5.74) is 5.32. The van der Waals surface area contributed by atoms with Crippen molar-refractivity contribution in [2.45, 2.75) is 6.42 Å². The van der Waals surface area contributed by atoms with Crippen LogP contribution in [0.3, 0.4) is 0 Å². The Morgan fingerprint density at radius 2 is 2.15 bits per heavy atom. The number of carbonyl (C=O) groups excluding carboxylic acids is 1. The van der Waals surface area contributed by atoms with Crippen LogP contribution in [0.15, 0.2) is 28.1 Å². The number of nitrogens with two attached hydrogens (primary N) is 1. The van der Waals surface area contributed by atoms with Gasteiger partial charge in [-0.1, -0.05) is 11.8 Å². The van der Waals surface area contributed by atoms with Crippen LogP contribution in [-0.2, 0) is 6.42 Å². The molecule has 1 amide bonds. The summed E-state index contributed by atoms with van der Waals surface area (Å²) in [5.74, 6) is 5.65. The monoisotopic (exact) mass is 368 g/mol. The number of carbonyl (C=O) groups is 1. The first-order chi connectivity index (χ1) is 9.69. The second-order valence-corrected chi connectivity index (χ2v) is 7.51. The van der Waals surface area contributed by atoms with Crippen molar-refractivity contribution in [2.75, 3.05) is 13.1 Å². The van der Waals surface area contributed by atoms with Crippen LogP contribution in [0.25, 0.3) is 0 Å². The second-order valence-electron chi connectivity index (χ2n) is 3.88. The van der Waals surface area contributed by atoms with Crippen LogP contribution in [0.2, 0.25) is 0 Å². The van der Waals surface area contributed by atoms with Crippen molar-refractivity contribution in [1.29, 1.82) is 0 Å². The van der Waals surface area contributed by atoms with Gasteiger partial charge >= 0.3 is 0 Å². The van der Waals surface area contributed by atoms with Crippen LogP contribution in [-0.4, -0.2) is 19.0 Å². The molecule has 0 atom stereocenters. The van der Waals surface area contributed by atoms with E-state index < -0.39 is 0 Å². The molecule has 0 fully saturated rings. The molecular weight excluding hydrogens is 356 g/mol. The summed E-state index contributed by atoms with van der Waals surface area (Å²) in [6.45, 7) is 0.962. The van der Waals surface area contributed by atoms with E-state index in [1.807, 2.05) is 12.1 Å². The van der Waals surface area contributed by atoms with Gasteiger partial charge in [-0.3, -0.25) is 4.79 Å². The van der Waals surface area contributed by atoms with Gasteiger partial charge in [-0.2, -0.15) is 0 Å². The molecule has 0 aromatic carbocycles.